The fraction of sp³-hybridized carbons (Fsp3) is 0.522. The van der Waals surface area contributed by atoms with Crippen molar-refractivity contribution in [1.82, 2.24) is 30.1 Å². The number of H-pyrrole nitrogens is 1. The van der Waals surface area contributed by atoms with Gasteiger partial charge in [-0.15, -0.1) is 11.3 Å². The van der Waals surface area contributed by atoms with Gasteiger partial charge in [-0.05, 0) is 32.1 Å². The topological polar surface area (TPSA) is 193 Å². The number of aromatic nitrogens is 3. The van der Waals surface area contributed by atoms with Crippen LogP contribution in [0, 0.1) is 0 Å². The monoisotopic (exact) mass is 529 g/mol. The van der Waals surface area contributed by atoms with Gasteiger partial charge >= 0.3 is 0 Å². The van der Waals surface area contributed by atoms with Gasteiger partial charge in [-0.3, -0.25) is 24.2 Å². The summed E-state index contributed by atoms with van der Waals surface area (Å²) in [7, 11) is 0. The number of aromatic amines is 1. The molecule has 14 heteroatoms. The number of nitrogens with one attached hydrogen (secondary N) is 2. The Morgan fingerprint density at radius 3 is 2.84 bits per heavy atom. The summed E-state index contributed by atoms with van der Waals surface area (Å²) in [5.74, 6) is -1.08. The van der Waals surface area contributed by atoms with Crippen molar-refractivity contribution in [2.24, 2.45) is 16.5 Å². The van der Waals surface area contributed by atoms with E-state index in [9.17, 15) is 19.2 Å². The van der Waals surface area contributed by atoms with Crippen LogP contribution in [-0.4, -0.2) is 92.0 Å². The second-order valence-electron chi connectivity index (χ2n) is 9.11. The number of Topliss-reactive ketones (excluding diaryl/α,β-unsaturated/α-hetero) is 1. The first kappa shape index (κ1) is 26.3. The van der Waals surface area contributed by atoms with E-state index in [1.165, 1.54) is 17.5 Å². The number of aliphatic imine (C=N–C) groups is 1. The van der Waals surface area contributed by atoms with Crippen molar-refractivity contribution < 1.29 is 19.2 Å². The third-order valence-corrected chi connectivity index (χ3v) is 7.38. The van der Waals surface area contributed by atoms with E-state index in [-0.39, 0.29) is 48.5 Å². The van der Waals surface area contributed by atoms with Crippen LogP contribution in [0.3, 0.4) is 0 Å². The fourth-order valence-corrected chi connectivity index (χ4v) is 5.44. The molecular formula is C23H31N9O4S. The Morgan fingerprint density at radius 1 is 1.30 bits per heavy atom. The molecule has 13 nitrogen and oxygen atoms in total. The Morgan fingerprint density at radius 2 is 2.14 bits per heavy atom. The predicted molar refractivity (Wildman–Crippen MR) is 135 cm³/mol. The number of nitrogens with zero attached hydrogens (tertiary/aromatic N) is 5. The van der Waals surface area contributed by atoms with E-state index in [0.29, 0.717) is 50.2 Å². The van der Waals surface area contributed by atoms with Crippen molar-refractivity contribution in [3.8, 4) is 0 Å². The van der Waals surface area contributed by atoms with Crippen LogP contribution < -0.4 is 16.8 Å². The number of hydrogen-bond donors (Lipinski definition) is 4. The molecule has 3 amide bonds. The number of carbonyl (C=O) groups is 4. The van der Waals surface area contributed by atoms with Crippen LogP contribution >= 0.6 is 11.3 Å². The summed E-state index contributed by atoms with van der Waals surface area (Å²) < 4.78 is 0. The highest BCUT2D eigenvalue weighted by Gasteiger charge is 2.46. The first-order valence-electron chi connectivity index (χ1n) is 12.2. The quantitative estimate of drug-likeness (QED) is 0.128. The van der Waals surface area contributed by atoms with Crippen LogP contribution in [0.4, 0.5) is 0 Å². The lowest BCUT2D eigenvalue weighted by atomic mass is 10.1. The lowest BCUT2D eigenvalue weighted by Crippen LogP contribution is -2.60. The molecule has 0 aliphatic carbocycles. The van der Waals surface area contributed by atoms with Crippen molar-refractivity contribution in [3.63, 3.8) is 0 Å². The summed E-state index contributed by atoms with van der Waals surface area (Å²) in [6.45, 7) is 0.638. The van der Waals surface area contributed by atoms with E-state index in [2.05, 4.69) is 25.3 Å². The normalized spacial score (nSPS) is 19.8. The van der Waals surface area contributed by atoms with Gasteiger partial charge in [0.2, 0.25) is 23.5 Å². The zero-order valence-corrected chi connectivity index (χ0v) is 21.2. The highest BCUT2D eigenvalue weighted by atomic mass is 32.1. The minimum Gasteiger partial charge on any atom is -0.370 e. The molecule has 198 valence electrons. The summed E-state index contributed by atoms with van der Waals surface area (Å²) in [6, 6.07) is -1.74. The number of rotatable bonds is 11. The molecule has 2 fully saturated rings. The van der Waals surface area contributed by atoms with Gasteiger partial charge in [0.25, 0.3) is 0 Å². The van der Waals surface area contributed by atoms with Crippen LogP contribution in [0.15, 0.2) is 29.1 Å². The molecule has 0 aromatic carbocycles. The maximum absolute atomic E-state index is 13.3. The van der Waals surface area contributed by atoms with Gasteiger partial charge in [0.05, 0.1) is 25.0 Å². The SMILES string of the molecule is NC(N)=NCCCC(NC(=O)C1CC[C@H]2CN(C(=O)CCc3cnc[nH]3)CC(=O)N12)C(=O)c1nccs1. The number of fused-ring (bicyclic) bond motifs is 1. The molecule has 4 heterocycles. The molecule has 2 aliphatic heterocycles. The summed E-state index contributed by atoms with van der Waals surface area (Å²) >= 11 is 1.20. The Labute approximate surface area is 217 Å². The summed E-state index contributed by atoms with van der Waals surface area (Å²) in [4.78, 5) is 70.1. The average Bonchev–Trinajstić information content (AvgIpc) is 3.65. The van der Waals surface area contributed by atoms with Crippen molar-refractivity contribution in [2.75, 3.05) is 19.6 Å². The van der Waals surface area contributed by atoms with Crippen LogP contribution in [-0.2, 0) is 20.8 Å². The molecule has 3 atom stereocenters. The van der Waals surface area contributed by atoms with Gasteiger partial charge in [-0.25, -0.2) is 9.97 Å². The number of ketones is 1. The van der Waals surface area contributed by atoms with Crippen LogP contribution in [0.1, 0.15) is 47.6 Å². The number of aryl methyl sites for hydroxylation is 1. The fourth-order valence-electron chi connectivity index (χ4n) is 4.81. The Hall–Kier alpha value is -3.81. The second-order valence-corrected chi connectivity index (χ2v) is 10.0. The van der Waals surface area contributed by atoms with Gasteiger partial charge in [0, 0.05) is 43.0 Å². The first-order chi connectivity index (χ1) is 17.8. The average molecular weight is 530 g/mol. The number of thiazole rings is 1. The molecule has 2 aromatic rings. The molecule has 0 saturated carbocycles. The standard InChI is InChI=1S/C23H31N9O4S/c24-23(25)28-7-1-2-16(20(35)22-27-8-9-37-22)30-21(36)17-5-4-15-11-31(12-19(34)32(15)17)18(33)6-3-14-10-26-13-29-14/h8-10,13,15-17H,1-7,11-12H2,(H,26,29)(H,30,36)(H4,24,25,28)/t15-,16?,17?/m0/s1. The molecule has 0 bridgehead atoms. The number of guanidine groups is 1. The zero-order chi connectivity index (χ0) is 26.4. The molecule has 2 aliphatic rings. The van der Waals surface area contributed by atoms with E-state index in [0.717, 1.165) is 5.69 Å². The molecule has 37 heavy (non-hydrogen) atoms. The molecule has 2 unspecified atom stereocenters. The maximum atomic E-state index is 13.3. The van der Waals surface area contributed by atoms with Crippen molar-refractivity contribution in [1.29, 1.82) is 0 Å². The largest absolute Gasteiger partial charge is 0.370 e. The summed E-state index contributed by atoms with van der Waals surface area (Å²) in [5.41, 5.74) is 11.6. The summed E-state index contributed by atoms with van der Waals surface area (Å²) in [6.07, 6.45) is 7.41. The van der Waals surface area contributed by atoms with Gasteiger partial charge in [-0.1, -0.05) is 0 Å². The molecule has 2 aromatic heterocycles. The third-order valence-electron chi connectivity index (χ3n) is 6.59. The van der Waals surface area contributed by atoms with Gasteiger partial charge in [-0.2, -0.15) is 0 Å². The molecule has 6 N–H and O–H groups in total. The number of carbonyl (C=O) groups excluding carboxylic acids is 4. The van der Waals surface area contributed by atoms with Crippen molar-refractivity contribution in [3.05, 3.63) is 34.8 Å². The minimum absolute atomic E-state index is 0.0405. The van der Waals surface area contributed by atoms with Crippen LogP contribution in [0.5, 0.6) is 0 Å². The van der Waals surface area contributed by atoms with Crippen LogP contribution in [0.25, 0.3) is 0 Å². The van der Waals surface area contributed by atoms with E-state index < -0.39 is 12.1 Å². The van der Waals surface area contributed by atoms with Crippen molar-refractivity contribution in [2.45, 2.75) is 56.7 Å². The third kappa shape index (κ3) is 6.50. The van der Waals surface area contributed by atoms with Gasteiger partial charge in [0.1, 0.15) is 6.04 Å². The van der Waals surface area contributed by atoms with E-state index in [1.807, 2.05) is 0 Å². The van der Waals surface area contributed by atoms with Gasteiger partial charge in [0.15, 0.2) is 11.0 Å². The number of nitrogens with two attached hydrogens (primary N) is 2. The van der Waals surface area contributed by atoms with E-state index >= 15 is 0 Å². The summed E-state index contributed by atoms with van der Waals surface area (Å²) in [5, 5.41) is 4.84. The molecule has 0 spiro atoms. The molecule has 4 rings (SSSR count). The Bertz CT molecular complexity index is 1130. The lowest BCUT2D eigenvalue weighted by Gasteiger charge is -2.39. The molecule has 0 radical (unpaired) electrons. The number of hydrogen-bond acceptors (Lipinski definition) is 8. The second kappa shape index (κ2) is 12.0. The number of amides is 3. The predicted octanol–water partition coefficient (Wildman–Crippen LogP) is -0.578. The first-order valence-corrected chi connectivity index (χ1v) is 13.1. The Balaban J connectivity index is 1.36. The molecule has 2 saturated heterocycles. The minimum atomic E-state index is -0.813. The zero-order valence-electron chi connectivity index (χ0n) is 20.3. The smallest absolute Gasteiger partial charge is 0.243 e. The van der Waals surface area contributed by atoms with Crippen LogP contribution in [0.2, 0.25) is 0 Å². The van der Waals surface area contributed by atoms with E-state index in [4.69, 9.17) is 11.5 Å². The van der Waals surface area contributed by atoms with Gasteiger partial charge < -0.3 is 31.6 Å². The van der Waals surface area contributed by atoms with E-state index in [1.54, 1.807) is 27.7 Å². The maximum Gasteiger partial charge on any atom is 0.243 e. The number of piperazine rings is 1. The highest BCUT2D eigenvalue weighted by molar-refractivity contribution is 7.11. The lowest BCUT2D eigenvalue weighted by molar-refractivity contribution is -0.151. The molecular weight excluding hydrogens is 498 g/mol. The Kier molecular flexibility index (Phi) is 8.48. The van der Waals surface area contributed by atoms with Crippen molar-refractivity contribution >= 4 is 40.8 Å². The highest BCUT2D eigenvalue weighted by Crippen LogP contribution is 2.29. The number of imidazole rings is 1.